The number of carbonyl (C=O) groups excluding carboxylic acids is 2. The molecule has 0 atom stereocenters. The lowest BCUT2D eigenvalue weighted by Crippen LogP contribution is -2.38. The highest BCUT2D eigenvalue weighted by Crippen LogP contribution is 2.22. The lowest BCUT2D eigenvalue weighted by Gasteiger charge is -2.26. The monoisotopic (exact) mass is 366 g/mol. The van der Waals surface area contributed by atoms with E-state index in [0.29, 0.717) is 13.1 Å². The van der Waals surface area contributed by atoms with Gasteiger partial charge in [-0.15, -0.1) is 0 Å². The van der Waals surface area contributed by atoms with Crippen LogP contribution in [-0.2, 0) is 19.6 Å². The fourth-order valence-corrected chi connectivity index (χ4v) is 4.01. The predicted molar refractivity (Wildman–Crippen MR) is 90.5 cm³/mol. The number of nitrogens with zero attached hydrogens (tertiary/aromatic N) is 1. The molecule has 1 heterocycles. The molecule has 1 amide bonds. The molecule has 1 saturated carbocycles. The molecule has 0 spiro atoms. The minimum atomic E-state index is -3.54. The van der Waals surface area contributed by atoms with Crippen molar-refractivity contribution in [3.8, 4) is 0 Å². The number of hydrogen-bond donors (Lipinski definition) is 1. The molecule has 1 aromatic rings. The summed E-state index contributed by atoms with van der Waals surface area (Å²) in [7, 11) is -3.54. The van der Waals surface area contributed by atoms with E-state index in [0.717, 1.165) is 32.1 Å². The molecule has 7 nitrogen and oxygen atoms in total. The molecule has 0 radical (unpaired) electrons. The van der Waals surface area contributed by atoms with Crippen LogP contribution in [0.25, 0.3) is 0 Å². The third-order valence-electron chi connectivity index (χ3n) is 4.33. The molecule has 2 aliphatic rings. The van der Waals surface area contributed by atoms with Crippen LogP contribution in [0.4, 0.5) is 0 Å². The van der Waals surface area contributed by atoms with Crippen molar-refractivity contribution in [3.63, 3.8) is 0 Å². The lowest BCUT2D eigenvalue weighted by atomic mass is 10.1. The number of carbonyl (C=O) groups is 2. The van der Waals surface area contributed by atoms with E-state index in [1.54, 1.807) is 4.90 Å². The van der Waals surface area contributed by atoms with Gasteiger partial charge in [0.15, 0.2) is 6.61 Å². The zero-order valence-electron chi connectivity index (χ0n) is 13.9. The van der Waals surface area contributed by atoms with Gasteiger partial charge in [0.25, 0.3) is 5.91 Å². The Balaban J connectivity index is 1.54. The van der Waals surface area contributed by atoms with Crippen molar-refractivity contribution in [1.82, 2.24) is 9.62 Å². The Hall–Kier alpha value is -1.93. The Labute approximate surface area is 147 Å². The Morgan fingerprint density at radius 1 is 1.08 bits per heavy atom. The number of rotatable bonds is 6. The Bertz CT molecular complexity index is 735. The SMILES string of the molecule is O=C(OCC(=O)N1CCCCC1)c1ccc(S(=O)(=O)NC2CC2)cc1. The number of nitrogens with one attached hydrogen (secondary N) is 1. The van der Waals surface area contributed by atoms with E-state index in [9.17, 15) is 18.0 Å². The highest BCUT2D eigenvalue weighted by molar-refractivity contribution is 7.89. The summed E-state index contributed by atoms with van der Waals surface area (Å²) in [6.45, 7) is 1.12. The van der Waals surface area contributed by atoms with Gasteiger partial charge < -0.3 is 9.64 Å². The molecule has 1 aliphatic heterocycles. The zero-order valence-corrected chi connectivity index (χ0v) is 14.8. The summed E-state index contributed by atoms with van der Waals surface area (Å²) in [5.41, 5.74) is 0.219. The first-order chi connectivity index (χ1) is 12.0. The number of sulfonamides is 1. The normalized spacial score (nSPS) is 18.0. The number of amides is 1. The van der Waals surface area contributed by atoms with Crippen LogP contribution in [0.3, 0.4) is 0 Å². The van der Waals surface area contributed by atoms with Crippen LogP contribution in [0.5, 0.6) is 0 Å². The summed E-state index contributed by atoms with van der Waals surface area (Å²) in [6, 6.07) is 5.56. The maximum absolute atomic E-state index is 12.1. The summed E-state index contributed by atoms with van der Waals surface area (Å²) >= 11 is 0. The van der Waals surface area contributed by atoms with Crippen LogP contribution in [0.2, 0.25) is 0 Å². The molecule has 25 heavy (non-hydrogen) atoms. The Kier molecular flexibility index (Phi) is 5.39. The van der Waals surface area contributed by atoms with Crippen molar-refractivity contribution in [3.05, 3.63) is 29.8 Å². The maximum Gasteiger partial charge on any atom is 0.338 e. The van der Waals surface area contributed by atoms with E-state index in [1.165, 1.54) is 24.3 Å². The maximum atomic E-state index is 12.1. The fraction of sp³-hybridized carbons (Fsp3) is 0.529. The molecule has 1 aliphatic carbocycles. The summed E-state index contributed by atoms with van der Waals surface area (Å²) in [6.07, 6.45) is 4.78. The number of piperidine rings is 1. The Morgan fingerprint density at radius 3 is 2.32 bits per heavy atom. The number of likely N-dealkylation sites (tertiary alicyclic amines) is 1. The third-order valence-corrected chi connectivity index (χ3v) is 5.87. The van der Waals surface area contributed by atoms with Crippen molar-refractivity contribution in [2.24, 2.45) is 0 Å². The van der Waals surface area contributed by atoms with Gasteiger partial charge >= 0.3 is 5.97 Å². The van der Waals surface area contributed by atoms with E-state index < -0.39 is 16.0 Å². The van der Waals surface area contributed by atoms with Crippen LogP contribution < -0.4 is 4.72 Å². The average molecular weight is 366 g/mol. The van der Waals surface area contributed by atoms with Gasteiger partial charge in [-0.3, -0.25) is 4.79 Å². The highest BCUT2D eigenvalue weighted by Gasteiger charge is 2.28. The molecule has 1 N–H and O–H groups in total. The predicted octanol–water partition coefficient (Wildman–Crippen LogP) is 1.30. The van der Waals surface area contributed by atoms with Crippen LogP contribution in [-0.4, -0.2) is 50.9 Å². The minimum absolute atomic E-state index is 0.0236. The standard InChI is InChI=1S/C17H22N2O5S/c20-16(19-10-2-1-3-11-19)12-24-17(21)13-4-8-15(9-5-13)25(22,23)18-14-6-7-14/h4-5,8-9,14,18H,1-3,6-7,10-12H2. The van der Waals surface area contributed by atoms with Crippen LogP contribution in [0.15, 0.2) is 29.2 Å². The van der Waals surface area contributed by atoms with Gasteiger partial charge in [-0.2, -0.15) is 0 Å². The van der Waals surface area contributed by atoms with Crippen LogP contribution >= 0.6 is 0 Å². The molecule has 1 aromatic carbocycles. The minimum Gasteiger partial charge on any atom is -0.452 e. The number of benzene rings is 1. The molecular formula is C17H22N2O5S. The van der Waals surface area contributed by atoms with Gasteiger partial charge in [-0.05, 0) is 56.4 Å². The van der Waals surface area contributed by atoms with Crippen molar-refractivity contribution in [1.29, 1.82) is 0 Å². The fourth-order valence-electron chi connectivity index (χ4n) is 2.70. The van der Waals surface area contributed by atoms with Crippen molar-refractivity contribution >= 4 is 21.9 Å². The van der Waals surface area contributed by atoms with Gasteiger partial charge in [0.05, 0.1) is 10.5 Å². The van der Waals surface area contributed by atoms with Crippen LogP contribution in [0.1, 0.15) is 42.5 Å². The number of esters is 1. The van der Waals surface area contributed by atoms with Crippen molar-refractivity contribution in [2.45, 2.75) is 43.0 Å². The molecule has 0 bridgehead atoms. The molecule has 0 unspecified atom stereocenters. The van der Waals surface area contributed by atoms with Gasteiger partial charge in [-0.25, -0.2) is 17.9 Å². The molecule has 2 fully saturated rings. The summed E-state index contributed by atoms with van der Waals surface area (Å²) in [5, 5.41) is 0. The van der Waals surface area contributed by atoms with Gasteiger partial charge in [0.2, 0.25) is 10.0 Å². The molecule has 136 valence electrons. The van der Waals surface area contributed by atoms with Gasteiger partial charge in [-0.1, -0.05) is 0 Å². The van der Waals surface area contributed by atoms with Gasteiger partial charge in [0, 0.05) is 19.1 Å². The first-order valence-corrected chi connectivity index (χ1v) is 10.0. The van der Waals surface area contributed by atoms with E-state index in [2.05, 4.69) is 4.72 Å². The van der Waals surface area contributed by atoms with E-state index in [-0.39, 0.29) is 29.0 Å². The second-order valence-electron chi connectivity index (χ2n) is 6.44. The second kappa shape index (κ2) is 7.53. The van der Waals surface area contributed by atoms with E-state index in [4.69, 9.17) is 4.74 Å². The first-order valence-electron chi connectivity index (χ1n) is 8.53. The molecular weight excluding hydrogens is 344 g/mol. The first kappa shape index (κ1) is 17.9. The van der Waals surface area contributed by atoms with Crippen molar-refractivity contribution < 1.29 is 22.7 Å². The summed E-state index contributed by atoms with van der Waals surface area (Å²) < 4.78 is 31.8. The quantitative estimate of drug-likeness (QED) is 0.766. The molecule has 1 saturated heterocycles. The summed E-state index contributed by atoms with van der Waals surface area (Å²) in [4.78, 5) is 25.8. The number of hydrogen-bond acceptors (Lipinski definition) is 5. The number of ether oxygens (including phenoxy) is 1. The molecule has 3 rings (SSSR count). The topological polar surface area (TPSA) is 92.8 Å². The summed E-state index contributed by atoms with van der Waals surface area (Å²) in [5.74, 6) is -0.828. The third kappa shape index (κ3) is 4.79. The molecule has 0 aromatic heterocycles. The molecule has 8 heteroatoms. The lowest BCUT2D eigenvalue weighted by molar-refractivity contribution is -0.135. The second-order valence-corrected chi connectivity index (χ2v) is 8.15. The van der Waals surface area contributed by atoms with Gasteiger partial charge in [0.1, 0.15) is 0 Å². The Morgan fingerprint density at radius 2 is 1.72 bits per heavy atom. The van der Waals surface area contributed by atoms with E-state index >= 15 is 0 Å². The largest absolute Gasteiger partial charge is 0.452 e. The van der Waals surface area contributed by atoms with Crippen molar-refractivity contribution in [2.75, 3.05) is 19.7 Å². The van der Waals surface area contributed by atoms with E-state index in [1.807, 2.05) is 0 Å². The zero-order chi connectivity index (χ0) is 17.9. The average Bonchev–Trinajstić information content (AvgIpc) is 3.43. The highest BCUT2D eigenvalue weighted by atomic mass is 32.2. The smallest absolute Gasteiger partial charge is 0.338 e. The van der Waals surface area contributed by atoms with Crippen LogP contribution in [0, 0.1) is 0 Å².